The molecule has 36 heavy (non-hydrogen) atoms. The van der Waals surface area contributed by atoms with Crippen LogP contribution in [0.25, 0.3) is 11.3 Å². The standard InChI is InChI=1S/C28H32N6O2/c1-3-5-12-33-13-15-34(16-14-33)28(36)23-10-8-21(17-25(23)35)27-22(24(4-2)31-19-32-27)9-6-20-7-11-26(29)30-18-20/h7-8,10-11,17-19,35H,3-5,12-16H2,1-2H3,(H2,29,30). The second kappa shape index (κ2) is 11.6. The number of amides is 1. The summed E-state index contributed by atoms with van der Waals surface area (Å²) in [5.41, 5.74) is 9.45. The summed E-state index contributed by atoms with van der Waals surface area (Å²) in [6.07, 6.45) is 6.12. The number of aromatic nitrogens is 3. The summed E-state index contributed by atoms with van der Waals surface area (Å²) in [5.74, 6) is 6.49. The van der Waals surface area contributed by atoms with E-state index in [1.807, 2.05) is 17.9 Å². The van der Waals surface area contributed by atoms with Gasteiger partial charge >= 0.3 is 0 Å². The molecular weight excluding hydrogens is 452 g/mol. The van der Waals surface area contributed by atoms with Gasteiger partial charge in [0.1, 0.15) is 17.9 Å². The van der Waals surface area contributed by atoms with E-state index >= 15 is 0 Å². The van der Waals surface area contributed by atoms with Crippen LogP contribution in [-0.4, -0.2) is 68.5 Å². The number of aryl methyl sites for hydroxylation is 1. The van der Waals surface area contributed by atoms with Gasteiger partial charge in [-0.1, -0.05) is 38.2 Å². The Bertz CT molecular complexity index is 1270. The van der Waals surface area contributed by atoms with Gasteiger partial charge in [0.25, 0.3) is 5.91 Å². The fourth-order valence-electron chi connectivity index (χ4n) is 4.24. The molecule has 0 spiro atoms. The quantitative estimate of drug-likeness (QED) is 0.517. The maximum absolute atomic E-state index is 13.1. The van der Waals surface area contributed by atoms with Crippen LogP contribution in [0, 0.1) is 11.8 Å². The molecule has 0 unspecified atom stereocenters. The van der Waals surface area contributed by atoms with Crippen molar-refractivity contribution < 1.29 is 9.90 Å². The van der Waals surface area contributed by atoms with E-state index in [0.717, 1.165) is 37.3 Å². The Morgan fingerprint density at radius 3 is 2.53 bits per heavy atom. The van der Waals surface area contributed by atoms with Crippen molar-refractivity contribution in [3.8, 4) is 28.8 Å². The summed E-state index contributed by atoms with van der Waals surface area (Å²) in [6, 6.07) is 8.57. The van der Waals surface area contributed by atoms with Crippen molar-refractivity contribution >= 4 is 11.7 Å². The highest BCUT2D eigenvalue weighted by Gasteiger charge is 2.24. The number of nitrogens with two attached hydrogens (primary N) is 1. The second-order valence-electron chi connectivity index (χ2n) is 8.84. The number of pyridine rings is 1. The largest absolute Gasteiger partial charge is 0.507 e. The van der Waals surface area contributed by atoms with E-state index in [-0.39, 0.29) is 11.7 Å². The van der Waals surface area contributed by atoms with Crippen LogP contribution >= 0.6 is 0 Å². The molecule has 1 amide bonds. The number of hydrogen-bond acceptors (Lipinski definition) is 7. The summed E-state index contributed by atoms with van der Waals surface area (Å²) in [6.45, 7) is 8.29. The molecule has 8 heteroatoms. The Morgan fingerprint density at radius 1 is 1.06 bits per heavy atom. The van der Waals surface area contributed by atoms with Gasteiger partial charge in [0.15, 0.2) is 0 Å². The van der Waals surface area contributed by atoms with Crippen LogP contribution in [0.4, 0.5) is 5.82 Å². The van der Waals surface area contributed by atoms with Crippen molar-refractivity contribution in [2.75, 3.05) is 38.5 Å². The zero-order valence-corrected chi connectivity index (χ0v) is 20.9. The highest BCUT2D eigenvalue weighted by molar-refractivity contribution is 5.97. The van der Waals surface area contributed by atoms with E-state index in [2.05, 4.69) is 38.6 Å². The number of benzene rings is 1. The zero-order valence-electron chi connectivity index (χ0n) is 20.9. The summed E-state index contributed by atoms with van der Waals surface area (Å²) < 4.78 is 0. The number of phenols is 1. The van der Waals surface area contributed by atoms with Crippen LogP contribution in [0.2, 0.25) is 0 Å². The lowest BCUT2D eigenvalue weighted by Crippen LogP contribution is -2.48. The second-order valence-corrected chi connectivity index (χ2v) is 8.84. The molecule has 1 aromatic carbocycles. The highest BCUT2D eigenvalue weighted by Crippen LogP contribution is 2.29. The molecule has 1 fully saturated rings. The lowest BCUT2D eigenvalue weighted by molar-refractivity contribution is 0.0633. The molecule has 0 atom stereocenters. The molecule has 1 aliphatic heterocycles. The fraction of sp³-hybridized carbons (Fsp3) is 0.357. The van der Waals surface area contributed by atoms with E-state index in [0.29, 0.717) is 47.7 Å². The van der Waals surface area contributed by atoms with Crippen molar-refractivity contribution in [1.29, 1.82) is 0 Å². The maximum atomic E-state index is 13.1. The van der Waals surface area contributed by atoms with Crippen molar-refractivity contribution in [1.82, 2.24) is 24.8 Å². The molecule has 186 valence electrons. The normalized spacial score (nSPS) is 13.8. The third-order valence-electron chi connectivity index (χ3n) is 6.37. The van der Waals surface area contributed by atoms with Gasteiger partial charge in [0, 0.05) is 43.5 Å². The Kier molecular flexibility index (Phi) is 8.13. The molecule has 0 radical (unpaired) electrons. The monoisotopic (exact) mass is 484 g/mol. The minimum absolute atomic E-state index is 0.0655. The van der Waals surface area contributed by atoms with Gasteiger partial charge in [-0.05, 0) is 43.7 Å². The predicted molar refractivity (Wildman–Crippen MR) is 140 cm³/mol. The van der Waals surface area contributed by atoms with E-state index in [9.17, 15) is 9.90 Å². The average molecular weight is 485 g/mol. The van der Waals surface area contributed by atoms with E-state index in [4.69, 9.17) is 5.73 Å². The summed E-state index contributed by atoms with van der Waals surface area (Å²) >= 11 is 0. The van der Waals surface area contributed by atoms with Gasteiger partial charge < -0.3 is 15.7 Å². The molecule has 3 aromatic rings. The molecule has 8 nitrogen and oxygen atoms in total. The van der Waals surface area contributed by atoms with Crippen LogP contribution in [0.1, 0.15) is 53.9 Å². The number of nitrogen functional groups attached to an aromatic ring is 1. The summed E-state index contributed by atoms with van der Waals surface area (Å²) in [7, 11) is 0. The summed E-state index contributed by atoms with van der Waals surface area (Å²) in [5, 5.41) is 10.8. The smallest absolute Gasteiger partial charge is 0.257 e. The fourth-order valence-corrected chi connectivity index (χ4v) is 4.24. The molecule has 1 aliphatic rings. The summed E-state index contributed by atoms with van der Waals surface area (Å²) in [4.78, 5) is 30.3. The van der Waals surface area contributed by atoms with Crippen LogP contribution < -0.4 is 5.73 Å². The number of hydrogen-bond donors (Lipinski definition) is 2. The van der Waals surface area contributed by atoms with E-state index < -0.39 is 0 Å². The Morgan fingerprint density at radius 2 is 1.86 bits per heavy atom. The third kappa shape index (κ3) is 5.81. The van der Waals surface area contributed by atoms with Crippen LogP contribution in [0.5, 0.6) is 5.75 Å². The lowest BCUT2D eigenvalue weighted by atomic mass is 10.0. The van der Waals surface area contributed by atoms with Crippen LogP contribution in [0.3, 0.4) is 0 Å². The van der Waals surface area contributed by atoms with E-state index in [1.165, 1.54) is 12.7 Å². The number of rotatable bonds is 6. The minimum atomic E-state index is -0.151. The van der Waals surface area contributed by atoms with E-state index in [1.54, 1.807) is 30.5 Å². The lowest BCUT2D eigenvalue weighted by Gasteiger charge is -2.34. The first-order valence-corrected chi connectivity index (χ1v) is 12.4. The number of carbonyl (C=O) groups is 1. The van der Waals surface area contributed by atoms with Crippen molar-refractivity contribution in [2.45, 2.75) is 33.1 Å². The maximum Gasteiger partial charge on any atom is 0.257 e. The van der Waals surface area contributed by atoms with Crippen LogP contribution in [-0.2, 0) is 6.42 Å². The SMILES string of the molecule is CCCCN1CCN(C(=O)c2ccc(-c3ncnc(CC)c3C#Cc3ccc(N)nc3)cc2O)CC1. The predicted octanol–water partition coefficient (Wildman–Crippen LogP) is 3.35. The number of carbonyl (C=O) groups excluding carboxylic acids is 1. The molecule has 3 N–H and O–H groups in total. The molecule has 4 rings (SSSR count). The van der Waals surface area contributed by atoms with Crippen LogP contribution in [0.15, 0.2) is 42.9 Å². The number of anilines is 1. The van der Waals surface area contributed by atoms with Gasteiger partial charge in [0.2, 0.25) is 0 Å². The van der Waals surface area contributed by atoms with Crippen molar-refractivity contribution in [2.24, 2.45) is 0 Å². The van der Waals surface area contributed by atoms with Gasteiger partial charge in [0.05, 0.1) is 22.5 Å². The topological polar surface area (TPSA) is 108 Å². The molecule has 2 aromatic heterocycles. The molecule has 3 heterocycles. The highest BCUT2D eigenvalue weighted by atomic mass is 16.3. The van der Waals surface area contributed by atoms with Gasteiger partial charge in [-0.2, -0.15) is 0 Å². The molecule has 0 saturated carbocycles. The Labute approximate surface area is 212 Å². The molecule has 1 saturated heterocycles. The first-order chi connectivity index (χ1) is 17.5. The average Bonchev–Trinajstić information content (AvgIpc) is 2.91. The van der Waals surface area contributed by atoms with Crippen molar-refractivity contribution in [3.63, 3.8) is 0 Å². The zero-order chi connectivity index (χ0) is 25.5. The van der Waals surface area contributed by atoms with Gasteiger partial charge in [-0.25, -0.2) is 15.0 Å². The Hall–Kier alpha value is -3.96. The number of phenolic OH excluding ortho intramolecular Hbond substituents is 1. The van der Waals surface area contributed by atoms with Crippen molar-refractivity contribution in [3.05, 3.63) is 65.2 Å². The minimum Gasteiger partial charge on any atom is -0.507 e. The van der Waals surface area contributed by atoms with Gasteiger partial charge in [-0.15, -0.1) is 0 Å². The number of nitrogens with zero attached hydrogens (tertiary/aromatic N) is 5. The third-order valence-corrected chi connectivity index (χ3v) is 6.37. The molecular formula is C28H32N6O2. The Balaban J connectivity index is 1.57. The first-order valence-electron chi connectivity index (χ1n) is 12.4. The van der Waals surface area contributed by atoms with Gasteiger partial charge in [-0.3, -0.25) is 9.69 Å². The molecule has 0 aliphatic carbocycles. The molecule has 0 bridgehead atoms. The number of aromatic hydroxyl groups is 1. The number of piperazine rings is 1. The first kappa shape index (κ1) is 25.1. The number of unbranched alkanes of at least 4 members (excludes halogenated alkanes) is 1.